The predicted octanol–water partition coefficient (Wildman–Crippen LogP) is 6.47. The number of phenolic OH excluding ortho intramolecular Hbond substituents is 1. The first-order chi connectivity index (χ1) is 14.2. The van der Waals surface area contributed by atoms with Crippen LogP contribution >= 0.6 is 0 Å². The summed E-state index contributed by atoms with van der Waals surface area (Å²) in [6.07, 6.45) is 2.33. The molecular formula is C28H26O. The van der Waals surface area contributed by atoms with Gasteiger partial charge in [0.2, 0.25) is 0 Å². The fraction of sp³-hybridized carbons (Fsp3) is 0.143. The van der Waals surface area contributed by atoms with Crippen molar-refractivity contribution in [3.05, 3.63) is 136 Å². The van der Waals surface area contributed by atoms with Crippen LogP contribution in [0.2, 0.25) is 0 Å². The van der Waals surface area contributed by atoms with Crippen LogP contribution in [0.5, 0.6) is 5.75 Å². The number of aromatic hydroxyl groups is 1. The van der Waals surface area contributed by atoms with Gasteiger partial charge in [0.15, 0.2) is 0 Å². The summed E-state index contributed by atoms with van der Waals surface area (Å²) in [6.45, 7) is 2.11. The van der Waals surface area contributed by atoms with E-state index in [4.69, 9.17) is 0 Å². The minimum atomic E-state index is 0.422. The maximum absolute atomic E-state index is 11.0. The van der Waals surface area contributed by atoms with E-state index in [0.29, 0.717) is 5.75 Å². The minimum Gasteiger partial charge on any atom is -0.507 e. The molecule has 144 valence electrons. The van der Waals surface area contributed by atoms with Crippen molar-refractivity contribution < 1.29 is 5.11 Å². The van der Waals surface area contributed by atoms with Crippen LogP contribution in [0.1, 0.15) is 38.9 Å². The molecule has 0 saturated carbocycles. The van der Waals surface area contributed by atoms with Gasteiger partial charge in [-0.25, -0.2) is 0 Å². The number of hydrogen-bond donors (Lipinski definition) is 1. The Morgan fingerprint density at radius 2 is 0.966 bits per heavy atom. The Morgan fingerprint density at radius 3 is 1.45 bits per heavy atom. The topological polar surface area (TPSA) is 20.2 Å². The molecule has 0 amide bonds. The van der Waals surface area contributed by atoms with E-state index in [1.807, 2.05) is 36.4 Å². The summed E-state index contributed by atoms with van der Waals surface area (Å²) in [5.74, 6) is 0.422. The van der Waals surface area contributed by atoms with Crippen LogP contribution in [0.25, 0.3) is 0 Å². The molecule has 1 nitrogen and oxygen atoms in total. The second-order valence-electron chi connectivity index (χ2n) is 7.75. The third kappa shape index (κ3) is 4.94. The van der Waals surface area contributed by atoms with Gasteiger partial charge in [-0.1, -0.05) is 103 Å². The molecule has 4 rings (SSSR count). The largest absolute Gasteiger partial charge is 0.507 e. The van der Waals surface area contributed by atoms with Gasteiger partial charge in [0, 0.05) is 12.8 Å². The number of rotatable bonds is 6. The van der Waals surface area contributed by atoms with Gasteiger partial charge in [-0.2, -0.15) is 0 Å². The Morgan fingerprint density at radius 1 is 0.517 bits per heavy atom. The maximum atomic E-state index is 11.0. The zero-order valence-electron chi connectivity index (χ0n) is 16.8. The molecule has 4 aromatic rings. The second-order valence-corrected chi connectivity index (χ2v) is 7.75. The lowest BCUT2D eigenvalue weighted by Gasteiger charge is -2.14. The molecule has 0 aliphatic heterocycles. The molecule has 0 fully saturated rings. The van der Waals surface area contributed by atoms with Crippen molar-refractivity contribution in [1.29, 1.82) is 0 Å². The van der Waals surface area contributed by atoms with Crippen LogP contribution in [0, 0.1) is 6.92 Å². The van der Waals surface area contributed by atoms with Gasteiger partial charge < -0.3 is 5.11 Å². The van der Waals surface area contributed by atoms with E-state index in [0.717, 1.165) is 30.4 Å². The average Bonchev–Trinajstić information content (AvgIpc) is 2.74. The van der Waals surface area contributed by atoms with E-state index in [-0.39, 0.29) is 0 Å². The quantitative estimate of drug-likeness (QED) is 0.407. The molecule has 0 unspecified atom stereocenters. The van der Waals surface area contributed by atoms with Crippen molar-refractivity contribution >= 4 is 0 Å². The third-order valence-corrected chi connectivity index (χ3v) is 5.33. The van der Waals surface area contributed by atoms with Crippen LogP contribution in [-0.2, 0) is 19.3 Å². The zero-order valence-corrected chi connectivity index (χ0v) is 16.8. The van der Waals surface area contributed by atoms with Crippen LogP contribution in [0.15, 0.2) is 97.1 Å². The smallest absolute Gasteiger partial charge is 0.122 e. The van der Waals surface area contributed by atoms with Crippen LogP contribution in [0.4, 0.5) is 0 Å². The zero-order chi connectivity index (χ0) is 20.1. The molecule has 29 heavy (non-hydrogen) atoms. The highest BCUT2D eigenvalue weighted by Gasteiger charge is 2.12. The van der Waals surface area contributed by atoms with E-state index in [2.05, 4.69) is 67.6 Å². The molecule has 0 saturated heterocycles. The molecule has 0 radical (unpaired) electrons. The van der Waals surface area contributed by atoms with Crippen molar-refractivity contribution in [2.45, 2.75) is 26.2 Å². The summed E-state index contributed by atoms with van der Waals surface area (Å²) in [4.78, 5) is 0. The van der Waals surface area contributed by atoms with Crippen LogP contribution in [-0.4, -0.2) is 5.11 Å². The summed E-state index contributed by atoms with van der Waals surface area (Å²) < 4.78 is 0. The lowest BCUT2D eigenvalue weighted by molar-refractivity contribution is 0.463. The highest BCUT2D eigenvalue weighted by Crippen LogP contribution is 2.30. The predicted molar refractivity (Wildman–Crippen MR) is 121 cm³/mol. The Hall–Kier alpha value is -3.32. The van der Waals surface area contributed by atoms with Crippen molar-refractivity contribution in [3.63, 3.8) is 0 Å². The molecule has 4 aromatic carbocycles. The number of benzene rings is 4. The molecule has 0 aliphatic rings. The molecule has 0 aromatic heterocycles. The van der Waals surface area contributed by atoms with Gasteiger partial charge >= 0.3 is 0 Å². The summed E-state index contributed by atoms with van der Waals surface area (Å²) >= 11 is 0. The number of aryl methyl sites for hydroxylation is 1. The first-order valence-electron chi connectivity index (χ1n) is 10.1. The van der Waals surface area contributed by atoms with Gasteiger partial charge in [-0.3, -0.25) is 0 Å². The van der Waals surface area contributed by atoms with Gasteiger partial charge in [0.05, 0.1) is 0 Å². The molecule has 1 N–H and O–H groups in total. The Bertz CT molecular complexity index is 1000. The summed E-state index contributed by atoms with van der Waals surface area (Å²) in [7, 11) is 0. The lowest BCUT2D eigenvalue weighted by Crippen LogP contribution is -1.99. The summed E-state index contributed by atoms with van der Waals surface area (Å²) in [6, 6.07) is 33.7. The molecule has 0 atom stereocenters. The fourth-order valence-electron chi connectivity index (χ4n) is 3.78. The van der Waals surface area contributed by atoms with Gasteiger partial charge in [0.1, 0.15) is 5.75 Å². The van der Waals surface area contributed by atoms with E-state index in [9.17, 15) is 5.11 Å². The summed E-state index contributed by atoms with van der Waals surface area (Å²) in [5.41, 5.74) is 8.20. The van der Waals surface area contributed by atoms with Crippen molar-refractivity contribution in [2.24, 2.45) is 0 Å². The van der Waals surface area contributed by atoms with E-state index >= 15 is 0 Å². The lowest BCUT2D eigenvalue weighted by atomic mass is 9.92. The van der Waals surface area contributed by atoms with Crippen molar-refractivity contribution in [1.82, 2.24) is 0 Å². The molecule has 0 heterocycles. The highest BCUT2D eigenvalue weighted by molar-refractivity contribution is 5.49. The van der Waals surface area contributed by atoms with Gasteiger partial charge in [0.25, 0.3) is 0 Å². The minimum absolute atomic E-state index is 0.422. The second kappa shape index (κ2) is 8.79. The number of phenols is 1. The Balaban J connectivity index is 1.70. The number of hydrogen-bond acceptors (Lipinski definition) is 1. The first-order valence-corrected chi connectivity index (χ1v) is 10.1. The monoisotopic (exact) mass is 378 g/mol. The van der Waals surface area contributed by atoms with Crippen LogP contribution in [0.3, 0.4) is 0 Å². The first kappa shape index (κ1) is 19.0. The Kier molecular flexibility index (Phi) is 5.76. The molecule has 0 spiro atoms. The SMILES string of the molecule is Cc1ccc(Cc2cc(Cc3ccccc3)c(O)c(Cc3ccccc3)c2)cc1. The third-order valence-electron chi connectivity index (χ3n) is 5.33. The maximum Gasteiger partial charge on any atom is 0.122 e. The van der Waals surface area contributed by atoms with E-state index in [1.165, 1.54) is 27.8 Å². The summed E-state index contributed by atoms with van der Waals surface area (Å²) in [5, 5.41) is 11.0. The van der Waals surface area contributed by atoms with Crippen molar-refractivity contribution in [2.75, 3.05) is 0 Å². The highest BCUT2D eigenvalue weighted by atomic mass is 16.3. The standard InChI is InChI=1S/C28H26O/c1-21-12-14-24(15-13-21)16-25-19-26(17-22-8-4-2-5-9-22)28(29)27(20-25)18-23-10-6-3-7-11-23/h2-15,19-20,29H,16-18H2,1H3. The van der Waals surface area contributed by atoms with E-state index in [1.54, 1.807) is 0 Å². The van der Waals surface area contributed by atoms with Gasteiger partial charge in [-0.05, 0) is 46.7 Å². The van der Waals surface area contributed by atoms with Gasteiger partial charge in [-0.15, -0.1) is 0 Å². The van der Waals surface area contributed by atoms with Crippen molar-refractivity contribution in [3.8, 4) is 5.75 Å². The molecule has 1 heteroatoms. The normalized spacial score (nSPS) is 10.8. The molecular weight excluding hydrogens is 352 g/mol. The van der Waals surface area contributed by atoms with Crippen LogP contribution < -0.4 is 0 Å². The Labute approximate surface area is 173 Å². The van der Waals surface area contributed by atoms with E-state index < -0.39 is 0 Å². The average molecular weight is 379 g/mol. The molecule has 0 bridgehead atoms. The fourth-order valence-corrected chi connectivity index (χ4v) is 3.78. The molecule has 0 aliphatic carbocycles.